The fourth-order valence-corrected chi connectivity index (χ4v) is 3.71. The van der Waals surface area contributed by atoms with Gasteiger partial charge in [0.2, 0.25) is 5.91 Å². The Hall–Kier alpha value is -3.42. The first kappa shape index (κ1) is 20.8. The van der Waals surface area contributed by atoms with Gasteiger partial charge in [-0.3, -0.25) is 14.0 Å². The zero-order chi connectivity index (χ0) is 22.1. The van der Waals surface area contributed by atoms with Crippen molar-refractivity contribution in [1.82, 2.24) is 14.4 Å². The monoisotopic (exact) mass is 453 g/mol. The summed E-state index contributed by atoms with van der Waals surface area (Å²) in [5.74, 6) is -0.464. The van der Waals surface area contributed by atoms with E-state index < -0.39 is 0 Å². The molecule has 0 aliphatic heterocycles. The van der Waals surface area contributed by atoms with Crippen molar-refractivity contribution in [3.05, 3.63) is 76.8 Å². The highest BCUT2D eigenvalue weighted by molar-refractivity contribution is 6.36. The summed E-state index contributed by atoms with van der Waals surface area (Å²) in [6.07, 6.45) is 4.89. The zero-order valence-corrected chi connectivity index (χ0v) is 18.1. The minimum absolute atomic E-state index is 0.137. The van der Waals surface area contributed by atoms with Gasteiger partial charge < -0.3 is 10.2 Å². The zero-order valence-electron chi connectivity index (χ0n) is 16.6. The normalized spacial score (nSPS) is 10.8. The predicted octanol–water partition coefficient (Wildman–Crippen LogP) is 4.94. The number of carbonyl (C=O) groups is 2. The number of hydrogen-bond donors (Lipinski definition) is 1. The fraction of sp³-hybridized carbons (Fsp3) is 0.0909. The maximum atomic E-state index is 13.0. The summed E-state index contributed by atoms with van der Waals surface area (Å²) in [7, 11) is 1.62. The molecular weight excluding hydrogens is 437 g/mol. The largest absolute Gasteiger partial charge is 0.326 e. The number of amides is 2. The molecule has 0 spiro atoms. The van der Waals surface area contributed by atoms with Gasteiger partial charge in [0.15, 0.2) is 5.65 Å². The number of aromatic nitrogens is 3. The van der Waals surface area contributed by atoms with Gasteiger partial charge in [0.25, 0.3) is 5.91 Å². The average molecular weight is 454 g/mol. The highest BCUT2D eigenvalue weighted by Crippen LogP contribution is 2.29. The highest BCUT2D eigenvalue weighted by Gasteiger charge is 2.19. The lowest BCUT2D eigenvalue weighted by Gasteiger charge is -2.18. The van der Waals surface area contributed by atoms with Crippen LogP contribution < -0.4 is 10.2 Å². The van der Waals surface area contributed by atoms with E-state index in [-0.39, 0.29) is 17.5 Å². The summed E-state index contributed by atoms with van der Waals surface area (Å²) in [6.45, 7) is 1.46. The van der Waals surface area contributed by atoms with Crippen molar-refractivity contribution in [3.63, 3.8) is 0 Å². The molecule has 31 heavy (non-hydrogen) atoms. The third-order valence-corrected chi connectivity index (χ3v) is 5.23. The number of hydrogen-bond acceptors (Lipinski definition) is 4. The Kier molecular flexibility index (Phi) is 5.63. The molecule has 2 aromatic carbocycles. The third-order valence-electron chi connectivity index (χ3n) is 4.69. The molecule has 0 atom stereocenters. The smallest absolute Gasteiger partial charge is 0.278 e. The van der Waals surface area contributed by atoms with E-state index in [0.29, 0.717) is 27.1 Å². The van der Waals surface area contributed by atoms with Gasteiger partial charge in [-0.25, -0.2) is 9.97 Å². The Morgan fingerprint density at radius 2 is 1.77 bits per heavy atom. The molecule has 1 N–H and O–H groups in total. The molecule has 0 saturated heterocycles. The van der Waals surface area contributed by atoms with Crippen molar-refractivity contribution in [2.75, 3.05) is 17.3 Å². The van der Waals surface area contributed by atoms with Gasteiger partial charge in [-0.1, -0.05) is 35.3 Å². The number of rotatable bonds is 4. The van der Waals surface area contributed by atoms with Crippen molar-refractivity contribution < 1.29 is 9.59 Å². The molecule has 2 amide bonds. The van der Waals surface area contributed by atoms with E-state index in [4.69, 9.17) is 23.2 Å². The van der Waals surface area contributed by atoms with Crippen LogP contribution in [0.25, 0.3) is 16.9 Å². The quantitative estimate of drug-likeness (QED) is 0.474. The van der Waals surface area contributed by atoms with Crippen LogP contribution in [-0.2, 0) is 4.79 Å². The molecule has 4 aromatic rings. The number of benzene rings is 2. The Morgan fingerprint density at radius 1 is 1.03 bits per heavy atom. The van der Waals surface area contributed by atoms with Gasteiger partial charge in [0, 0.05) is 36.4 Å². The van der Waals surface area contributed by atoms with Crippen LogP contribution in [0.2, 0.25) is 10.0 Å². The van der Waals surface area contributed by atoms with Crippen LogP contribution in [0.1, 0.15) is 17.4 Å². The maximum Gasteiger partial charge on any atom is 0.278 e. The molecule has 0 fully saturated rings. The van der Waals surface area contributed by atoms with E-state index in [2.05, 4.69) is 15.3 Å². The number of anilines is 2. The molecule has 2 aromatic heterocycles. The van der Waals surface area contributed by atoms with Gasteiger partial charge in [-0.15, -0.1) is 0 Å². The minimum atomic E-state index is -0.327. The summed E-state index contributed by atoms with van der Waals surface area (Å²) in [6, 6.07) is 12.3. The fourth-order valence-electron chi connectivity index (χ4n) is 3.18. The molecule has 156 valence electrons. The summed E-state index contributed by atoms with van der Waals surface area (Å²) in [5, 5.41) is 3.59. The topological polar surface area (TPSA) is 79.6 Å². The lowest BCUT2D eigenvalue weighted by Crippen LogP contribution is -2.27. The number of fused-ring (bicyclic) bond motifs is 1. The molecule has 0 saturated carbocycles. The SMILES string of the molecule is CC(=O)Nc1ccc(-c2cnc3cnc(C(=O)N(C)c4ccc(Cl)cc4Cl)cn23)cc1. The first-order valence-corrected chi connectivity index (χ1v) is 10.0. The van der Waals surface area contributed by atoms with Gasteiger partial charge in [0.05, 0.1) is 28.8 Å². The summed E-state index contributed by atoms with van der Waals surface area (Å²) < 4.78 is 1.80. The summed E-state index contributed by atoms with van der Waals surface area (Å²) >= 11 is 12.2. The molecule has 0 unspecified atom stereocenters. The van der Waals surface area contributed by atoms with Crippen LogP contribution >= 0.6 is 23.2 Å². The van der Waals surface area contributed by atoms with Crippen molar-refractivity contribution in [1.29, 1.82) is 0 Å². The van der Waals surface area contributed by atoms with E-state index in [1.807, 2.05) is 12.1 Å². The summed E-state index contributed by atoms with van der Waals surface area (Å²) in [5.41, 5.74) is 3.72. The second-order valence-corrected chi connectivity index (χ2v) is 7.71. The first-order valence-electron chi connectivity index (χ1n) is 9.28. The van der Waals surface area contributed by atoms with Crippen LogP contribution in [-0.4, -0.2) is 33.2 Å². The predicted molar refractivity (Wildman–Crippen MR) is 122 cm³/mol. The lowest BCUT2D eigenvalue weighted by atomic mass is 10.1. The Labute approximate surface area is 188 Å². The Bertz CT molecular complexity index is 1300. The van der Waals surface area contributed by atoms with Crippen LogP contribution in [0.15, 0.2) is 61.1 Å². The van der Waals surface area contributed by atoms with Gasteiger partial charge in [-0.2, -0.15) is 0 Å². The highest BCUT2D eigenvalue weighted by atomic mass is 35.5. The third kappa shape index (κ3) is 4.23. The molecule has 2 heterocycles. The minimum Gasteiger partial charge on any atom is -0.326 e. The lowest BCUT2D eigenvalue weighted by molar-refractivity contribution is -0.114. The van der Waals surface area contributed by atoms with Crippen LogP contribution in [0, 0.1) is 0 Å². The molecule has 0 aliphatic carbocycles. The molecule has 0 bridgehead atoms. The van der Waals surface area contributed by atoms with Crippen molar-refractivity contribution in [2.45, 2.75) is 6.92 Å². The van der Waals surface area contributed by atoms with E-state index in [0.717, 1.165) is 11.3 Å². The van der Waals surface area contributed by atoms with Gasteiger partial charge in [-0.05, 0) is 30.3 Å². The second kappa shape index (κ2) is 8.37. The molecule has 0 radical (unpaired) electrons. The maximum absolute atomic E-state index is 13.0. The number of nitrogens with one attached hydrogen (secondary N) is 1. The number of carbonyl (C=O) groups excluding carboxylic acids is 2. The van der Waals surface area contributed by atoms with E-state index in [1.165, 1.54) is 11.8 Å². The molecule has 0 aliphatic rings. The first-order chi connectivity index (χ1) is 14.8. The van der Waals surface area contributed by atoms with E-state index >= 15 is 0 Å². The molecule has 7 nitrogen and oxygen atoms in total. The van der Waals surface area contributed by atoms with Crippen molar-refractivity contribution in [2.24, 2.45) is 0 Å². The average Bonchev–Trinajstić information content (AvgIpc) is 3.16. The van der Waals surface area contributed by atoms with E-state index in [1.54, 1.807) is 60.4 Å². The van der Waals surface area contributed by atoms with Crippen LogP contribution in [0.5, 0.6) is 0 Å². The van der Waals surface area contributed by atoms with Crippen LogP contribution in [0.4, 0.5) is 11.4 Å². The standard InChI is InChI=1S/C22H17Cl2N5O2/c1-13(30)27-16-6-3-14(4-7-16)20-10-26-21-11-25-18(12-29(20)21)22(31)28(2)19-8-5-15(23)9-17(19)24/h3-12H,1-2H3,(H,27,30). The number of nitrogens with zero attached hydrogens (tertiary/aromatic N) is 4. The van der Waals surface area contributed by atoms with E-state index in [9.17, 15) is 9.59 Å². The molecular formula is C22H17Cl2N5O2. The number of imidazole rings is 1. The molecule has 9 heteroatoms. The van der Waals surface area contributed by atoms with Crippen molar-refractivity contribution in [3.8, 4) is 11.3 Å². The Morgan fingerprint density at radius 3 is 2.45 bits per heavy atom. The second-order valence-electron chi connectivity index (χ2n) is 6.86. The van der Waals surface area contributed by atoms with Crippen molar-refractivity contribution >= 4 is 52.0 Å². The van der Waals surface area contributed by atoms with Gasteiger partial charge >= 0.3 is 0 Å². The molecule has 4 rings (SSSR count). The van der Waals surface area contributed by atoms with Crippen LogP contribution in [0.3, 0.4) is 0 Å². The Balaban J connectivity index is 1.68. The number of halogens is 2. The summed E-state index contributed by atoms with van der Waals surface area (Å²) in [4.78, 5) is 34.3. The van der Waals surface area contributed by atoms with Gasteiger partial charge in [0.1, 0.15) is 5.69 Å².